The highest BCUT2D eigenvalue weighted by molar-refractivity contribution is 7.85. The number of hydrogen-bond acceptors (Lipinski definition) is 5. The Morgan fingerprint density at radius 2 is 1.90 bits per heavy atom. The van der Waals surface area contributed by atoms with E-state index in [4.69, 9.17) is 4.74 Å². The molecule has 6 nitrogen and oxygen atoms in total. The largest absolute Gasteiger partial charge is 0.445 e. The maximum Gasteiger partial charge on any atom is 0.409 e. The van der Waals surface area contributed by atoms with E-state index >= 15 is 0 Å². The summed E-state index contributed by atoms with van der Waals surface area (Å²) in [4.78, 5) is 13.0. The van der Waals surface area contributed by atoms with E-state index in [1.165, 1.54) is 4.90 Å². The molecule has 0 unspecified atom stereocenters. The fourth-order valence-electron chi connectivity index (χ4n) is 1.43. The third-order valence-electron chi connectivity index (χ3n) is 2.45. The summed E-state index contributed by atoms with van der Waals surface area (Å²) in [5.74, 6) is 0. The zero-order valence-electron chi connectivity index (χ0n) is 11.6. The molecule has 0 atom stereocenters. The van der Waals surface area contributed by atoms with Crippen LogP contribution in [0.2, 0.25) is 0 Å². The number of carbonyl (C=O) groups is 1. The summed E-state index contributed by atoms with van der Waals surface area (Å²) in [6, 6.07) is 9.37. The van der Waals surface area contributed by atoms with Gasteiger partial charge in [-0.1, -0.05) is 30.3 Å². The zero-order chi connectivity index (χ0) is 15.0. The molecular weight excluding hydrogens is 282 g/mol. The molecule has 7 heteroatoms. The Morgan fingerprint density at radius 3 is 2.50 bits per heavy atom. The molecule has 0 bridgehead atoms. The van der Waals surface area contributed by atoms with Gasteiger partial charge in [-0.3, -0.25) is 4.18 Å². The Balaban J connectivity index is 2.22. The number of rotatable bonds is 7. The van der Waals surface area contributed by atoms with Crippen LogP contribution in [0.4, 0.5) is 4.79 Å². The molecule has 0 saturated heterocycles. The van der Waals surface area contributed by atoms with E-state index in [-0.39, 0.29) is 13.2 Å². The first-order chi connectivity index (χ1) is 9.38. The molecule has 1 aromatic carbocycles. The van der Waals surface area contributed by atoms with Crippen molar-refractivity contribution in [2.45, 2.75) is 13.0 Å². The summed E-state index contributed by atoms with van der Waals surface area (Å²) in [6.07, 6.45) is 0.961. The van der Waals surface area contributed by atoms with Crippen LogP contribution < -0.4 is 0 Å². The van der Waals surface area contributed by atoms with Crippen LogP contribution in [0.15, 0.2) is 30.3 Å². The lowest BCUT2D eigenvalue weighted by Crippen LogP contribution is -2.29. The van der Waals surface area contributed by atoms with Crippen LogP contribution in [0.1, 0.15) is 12.0 Å². The van der Waals surface area contributed by atoms with Crippen molar-refractivity contribution in [2.24, 2.45) is 0 Å². The predicted octanol–water partition coefficient (Wildman–Crippen LogP) is 1.62. The lowest BCUT2D eigenvalue weighted by atomic mass is 10.2. The van der Waals surface area contributed by atoms with E-state index in [0.717, 1.165) is 11.8 Å². The Labute approximate surface area is 119 Å². The van der Waals surface area contributed by atoms with E-state index < -0.39 is 16.2 Å². The highest BCUT2D eigenvalue weighted by Crippen LogP contribution is 2.03. The molecule has 112 valence electrons. The van der Waals surface area contributed by atoms with Gasteiger partial charge in [0.1, 0.15) is 6.61 Å². The highest BCUT2D eigenvalue weighted by atomic mass is 32.2. The third-order valence-corrected chi connectivity index (χ3v) is 3.05. The van der Waals surface area contributed by atoms with E-state index in [1.807, 2.05) is 30.3 Å². The molecule has 0 aliphatic carbocycles. The SMILES string of the molecule is CN(CCCOS(C)(=O)=O)C(=O)OCc1ccccc1. The van der Waals surface area contributed by atoms with Crippen molar-refractivity contribution < 1.29 is 22.1 Å². The second kappa shape index (κ2) is 7.86. The van der Waals surface area contributed by atoms with Gasteiger partial charge in [0.25, 0.3) is 10.1 Å². The van der Waals surface area contributed by atoms with Gasteiger partial charge in [0.05, 0.1) is 12.9 Å². The summed E-state index contributed by atoms with van der Waals surface area (Å²) >= 11 is 0. The minimum Gasteiger partial charge on any atom is -0.445 e. The second-order valence-corrected chi connectivity index (χ2v) is 5.99. The normalized spacial score (nSPS) is 11.1. The molecule has 0 fully saturated rings. The Kier molecular flexibility index (Phi) is 6.47. The summed E-state index contributed by atoms with van der Waals surface area (Å²) in [6.45, 7) is 0.627. The van der Waals surface area contributed by atoms with Crippen LogP contribution in [0, 0.1) is 0 Å². The van der Waals surface area contributed by atoms with Crippen molar-refractivity contribution in [1.82, 2.24) is 4.90 Å². The molecule has 1 aromatic rings. The quantitative estimate of drug-likeness (QED) is 0.565. The van der Waals surface area contributed by atoms with Gasteiger partial charge >= 0.3 is 6.09 Å². The predicted molar refractivity (Wildman–Crippen MR) is 74.7 cm³/mol. The van der Waals surface area contributed by atoms with Gasteiger partial charge in [-0.2, -0.15) is 8.42 Å². The molecule has 1 rings (SSSR count). The van der Waals surface area contributed by atoms with Crippen molar-refractivity contribution in [1.29, 1.82) is 0 Å². The molecule has 0 spiro atoms. The van der Waals surface area contributed by atoms with Gasteiger partial charge in [-0.05, 0) is 12.0 Å². The molecule has 1 amide bonds. The molecule has 0 heterocycles. The number of amides is 1. The van der Waals surface area contributed by atoms with Gasteiger partial charge in [0, 0.05) is 13.6 Å². The molecule has 20 heavy (non-hydrogen) atoms. The van der Waals surface area contributed by atoms with Crippen molar-refractivity contribution in [3.05, 3.63) is 35.9 Å². The summed E-state index contributed by atoms with van der Waals surface area (Å²) in [5, 5.41) is 0. The van der Waals surface area contributed by atoms with Crippen molar-refractivity contribution in [3.63, 3.8) is 0 Å². The van der Waals surface area contributed by atoms with Gasteiger partial charge in [-0.25, -0.2) is 4.79 Å². The molecule has 0 aliphatic rings. The third kappa shape index (κ3) is 7.10. The van der Waals surface area contributed by atoms with Crippen LogP contribution in [0.5, 0.6) is 0 Å². The van der Waals surface area contributed by atoms with E-state index in [1.54, 1.807) is 7.05 Å². The lowest BCUT2D eigenvalue weighted by molar-refractivity contribution is 0.103. The molecule has 0 N–H and O–H groups in total. The minimum absolute atomic E-state index is 0.0507. The zero-order valence-corrected chi connectivity index (χ0v) is 12.4. The first-order valence-corrected chi connectivity index (χ1v) is 7.96. The number of ether oxygens (including phenoxy) is 1. The van der Waals surface area contributed by atoms with Gasteiger partial charge < -0.3 is 9.64 Å². The van der Waals surface area contributed by atoms with E-state index in [9.17, 15) is 13.2 Å². The van der Waals surface area contributed by atoms with Crippen LogP contribution >= 0.6 is 0 Å². The topological polar surface area (TPSA) is 72.9 Å². The van der Waals surface area contributed by atoms with E-state index in [0.29, 0.717) is 13.0 Å². The van der Waals surface area contributed by atoms with Crippen LogP contribution in [-0.4, -0.2) is 45.9 Å². The smallest absolute Gasteiger partial charge is 0.409 e. The Morgan fingerprint density at radius 1 is 1.25 bits per heavy atom. The maximum atomic E-state index is 11.7. The van der Waals surface area contributed by atoms with Gasteiger partial charge in [0.15, 0.2) is 0 Å². The average Bonchev–Trinajstić information content (AvgIpc) is 2.40. The fourth-order valence-corrected chi connectivity index (χ4v) is 1.85. The fraction of sp³-hybridized carbons (Fsp3) is 0.462. The van der Waals surface area contributed by atoms with Crippen LogP contribution in [0.3, 0.4) is 0 Å². The van der Waals surface area contributed by atoms with Gasteiger partial charge in [-0.15, -0.1) is 0 Å². The molecule has 0 radical (unpaired) electrons. The number of hydrogen-bond donors (Lipinski definition) is 0. The van der Waals surface area contributed by atoms with Crippen LogP contribution in [-0.2, 0) is 25.6 Å². The van der Waals surface area contributed by atoms with Gasteiger partial charge in [0.2, 0.25) is 0 Å². The molecule has 0 aromatic heterocycles. The van der Waals surface area contributed by atoms with Crippen molar-refractivity contribution in [2.75, 3.05) is 26.5 Å². The maximum absolute atomic E-state index is 11.7. The van der Waals surface area contributed by atoms with E-state index in [2.05, 4.69) is 4.18 Å². The molecule has 0 saturated carbocycles. The standard InChI is InChI=1S/C13H19NO5S/c1-14(9-6-10-19-20(2,16)17)13(15)18-11-12-7-4-3-5-8-12/h3-5,7-8H,6,9-11H2,1-2H3. The van der Waals surface area contributed by atoms with Crippen LogP contribution in [0.25, 0.3) is 0 Å². The minimum atomic E-state index is -3.42. The first kappa shape index (κ1) is 16.5. The first-order valence-electron chi connectivity index (χ1n) is 6.15. The average molecular weight is 301 g/mol. The van der Waals surface area contributed by atoms with Crippen molar-refractivity contribution in [3.8, 4) is 0 Å². The molecule has 0 aliphatic heterocycles. The summed E-state index contributed by atoms with van der Waals surface area (Å²) < 4.78 is 31.2. The Bertz CT molecular complexity index is 515. The number of nitrogens with zero attached hydrogens (tertiary/aromatic N) is 1. The Hall–Kier alpha value is -1.60. The summed E-state index contributed by atoms with van der Waals surface area (Å²) in [5.41, 5.74) is 0.912. The highest BCUT2D eigenvalue weighted by Gasteiger charge is 2.10. The summed E-state index contributed by atoms with van der Waals surface area (Å²) in [7, 11) is -1.83. The monoisotopic (exact) mass is 301 g/mol. The lowest BCUT2D eigenvalue weighted by Gasteiger charge is -2.16. The van der Waals surface area contributed by atoms with Crippen molar-refractivity contribution >= 4 is 16.2 Å². The molecular formula is C13H19NO5S. The number of carbonyl (C=O) groups excluding carboxylic acids is 1. The second-order valence-electron chi connectivity index (χ2n) is 4.34. The number of benzene rings is 1.